The molecule has 0 aliphatic carbocycles. The van der Waals surface area contributed by atoms with Gasteiger partial charge in [0, 0.05) is 24.3 Å². The zero-order valence-corrected chi connectivity index (χ0v) is 11.5. The molecule has 1 aromatic rings. The molecule has 1 heterocycles. The molecule has 1 aromatic heterocycles. The van der Waals surface area contributed by atoms with Crippen molar-refractivity contribution in [2.45, 2.75) is 53.3 Å². The number of ether oxygens (including phenoxy) is 1. The van der Waals surface area contributed by atoms with Crippen molar-refractivity contribution in [3.63, 3.8) is 0 Å². The second kappa shape index (κ2) is 6.60. The summed E-state index contributed by atoms with van der Waals surface area (Å²) in [4.78, 5) is 4.28. The minimum Gasteiger partial charge on any atom is -0.475 e. The molecule has 3 nitrogen and oxygen atoms in total. The highest BCUT2D eigenvalue weighted by Gasteiger charge is 2.10. The monoisotopic (exact) mass is 236 g/mol. The van der Waals surface area contributed by atoms with Gasteiger partial charge in [-0.05, 0) is 32.8 Å². The first-order valence-corrected chi connectivity index (χ1v) is 6.34. The second-order valence-corrected chi connectivity index (χ2v) is 5.05. The number of pyridine rings is 1. The lowest BCUT2D eigenvalue weighted by Gasteiger charge is -2.19. The molecule has 0 aliphatic rings. The second-order valence-electron chi connectivity index (χ2n) is 5.05. The SMILES string of the molecule is CC(C)Oc1ncccc1CNC(C)C(C)C. The van der Waals surface area contributed by atoms with Crippen LogP contribution in [-0.4, -0.2) is 17.1 Å². The summed E-state index contributed by atoms with van der Waals surface area (Å²) in [5.74, 6) is 1.37. The lowest BCUT2D eigenvalue weighted by atomic mass is 10.1. The van der Waals surface area contributed by atoms with Crippen LogP contribution < -0.4 is 10.1 Å². The van der Waals surface area contributed by atoms with E-state index in [2.05, 4.69) is 37.1 Å². The summed E-state index contributed by atoms with van der Waals surface area (Å²) in [6, 6.07) is 4.50. The van der Waals surface area contributed by atoms with Crippen molar-refractivity contribution >= 4 is 0 Å². The summed E-state index contributed by atoms with van der Waals surface area (Å²) in [7, 11) is 0. The molecule has 0 amide bonds. The van der Waals surface area contributed by atoms with Crippen LogP contribution >= 0.6 is 0 Å². The summed E-state index contributed by atoms with van der Waals surface area (Å²) in [5.41, 5.74) is 1.12. The molecule has 1 atom stereocenters. The number of aromatic nitrogens is 1. The summed E-state index contributed by atoms with van der Waals surface area (Å²) >= 11 is 0. The van der Waals surface area contributed by atoms with Gasteiger partial charge < -0.3 is 10.1 Å². The maximum atomic E-state index is 5.69. The van der Waals surface area contributed by atoms with Crippen LogP contribution in [0.5, 0.6) is 5.88 Å². The van der Waals surface area contributed by atoms with Crippen molar-refractivity contribution in [1.29, 1.82) is 0 Å². The van der Waals surface area contributed by atoms with Gasteiger partial charge in [0.05, 0.1) is 6.10 Å². The molecule has 0 saturated heterocycles. The molecule has 1 unspecified atom stereocenters. The van der Waals surface area contributed by atoms with Gasteiger partial charge in [-0.15, -0.1) is 0 Å². The van der Waals surface area contributed by atoms with Gasteiger partial charge in [0.15, 0.2) is 0 Å². The highest BCUT2D eigenvalue weighted by atomic mass is 16.5. The number of nitrogens with zero attached hydrogens (tertiary/aromatic N) is 1. The molecule has 17 heavy (non-hydrogen) atoms. The van der Waals surface area contributed by atoms with Crippen LogP contribution in [0.1, 0.15) is 40.2 Å². The van der Waals surface area contributed by atoms with Crippen LogP contribution in [0, 0.1) is 5.92 Å². The lowest BCUT2D eigenvalue weighted by molar-refractivity contribution is 0.229. The van der Waals surface area contributed by atoms with Crippen molar-refractivity contribution < 1.29 is 4.74 Å². The molecule has 0 aromatic carbocycles. The maximum Gasteiger partial charge on any atom is 0.218 e. The molecule has 0 bridgehead atoms. The minimum atomic E-state index is 0.158. The fraction of sp³-hybridized carbons (Fsp3) is 0.643. The van der Waals surface area contributed by atoms with Crippen LogP contribution in [0.25, 0.3) is 0 Å². The van der Waals surface area contributed by atoms with E-state index < -0.39 is 0 Å². The first-order valence-electron chi connectivity index (χ1n) is 6.34. The molecular weight excluding hydrogens is 212 g/mol. The van der Waals surface area contributed by atoms with E-state index in [1.54, 1.807) is 6.20 Å². The molecule has 0 saturated carbocycles. The Balaban J connectivity index is 2.63. The van der Waals surface area contributed by atoms with E-state index in [4.69, 9.17) is 4.74 Å². The number of nitrogens with one attached hydrogen (secondary N) is 1. The van der Waals surface area contributed by atoms with E-state index in [1.807, 2.05) is 19.9 Å². The van der Waals surface area contributed by atoms with E-state index in [0.29, 0.717) is 12.0 Å². The fourth-order valence-electron chi connectivity index (χ4n) is 1.39. The lowest BCUT2D eigenvalue weighted by Crippen LogP contribution is -2.30. The Morgan fingerprint density at radius 3 is 2.53 bits per heavy atom. The largest absolute Gasteiger partial charge is 0.475 e. The van der Waals surface area contributed by atoms with Crippen LogP contribution in [0.3, 0.4) is 0 Å². The van der Waals surface area contributed by atoms with Gasteiger partial charge >= 0.3 is 0 Å². The van der Waals surface area contributed by atoms with E-state index in [0.717, 1.165) is 18.0 Å². The third-order valence-corrected chi connectivity index (χ3v) is 2.81. The normalized spacial score (nSPS) is 13.1. The summed E-state index contributed by atoms with van der Waals surface area (Å²) in [5, 5.41) is 3.49. The summed E-state index contributed by atoms with van der Waals surface area (Å²) < 4.78 is 5.69. The van der Waals surface area contributed by atoms with Crippen LogP contribution in [0.2, 0.25) is 0 Å². The van der Waals surface area contributed by atoms with Gasteiger partial charge in [0.25, 0.3) is 0 Å². The molecule has 1 rings (SSSR count). The van der Waals surface area contributed by atoms with E-state index in [1.165, 1.54) is 0 Å². The number of hydrogen-bond donors (Lipinski definition) is 1. The van der Waals surface area contributed by atoms with Gasteiger partial charge in [-0.3, -0.25) is 0 Å². The molecule has 0 fully saturated rings. The third-order valence-electron chi connectivity index (χ3n) is 2.81. The zero-order valence-electron chi connectivity index (χ0n) is 11.5. The van der Waals surface area contributed by atoms with Crippen LogP contribution in [0.15, 0.2) is 18.3 Å². The van der Waals surface area contributed by atoms with Crippen LogP contribution in [-0.2, 0) is 6.54 Å². The summed E-state index contributed by atoms with van der Waals surface area (Å²) in [6.07, 6.45) is 1.93. The first kappa shape index (κ1) is 14.0. The van der Waals surface area contributed by atoms with E-state index in [-0.39, 0.29) is 6.10 Å². The Morgan fingerprint density at radius 1 is 1.24 bits per heavy atom. The first-order chi connectivity index (χ1) is 8.00. The Labute approximate surface area is 105 Å². The Morgan fingerprint density at radius 2 is 1.94 bits per heavy atom. The quantitative estimate of drug-likeness (QED) is 0.824. The number of hydrogen-bond acceptors (Lipinski definition) is 3. The van der Waals surface area contributed by atoms with Crippen LogP contribution in [0.4, 0.5) is 0 Å². The van der Waals surface area contributed by atoms with Crippen molar-refractivity contribution in [3.8, 4) is 5.88 Å². The van der Waals surface area contributed by atoms with Gasteiger partial charge in [-0.2, -0.15) is 0 Å². The van der Waals surface area contributed by atoms with Crippen molar-refractivity contribution in [2.24, 2.45) is 5.92 Å². The van der Waals surface area contributed by atoms with Gasteiger partial charge in [0.1, 0.15) is 0 Å². The molecule has 0 radical (unpaired) electrons. The Hall–Kier alpha value is -1.09. The number of rotatable bonds is 6. The predicted molar refractivity (Wildman–Crippen MR) is 71.1 cm³/mol. The van der Waals surface area contributed by atoms with Crippen molar-refractivity contribution in [3.05, 3.63) is 23.9 Å². The summed E-state index contributed by atoms with van der Waals surface area (Å²) in [6.45, 7) is 11.5. The van der Waals surface area contributed by atoms with E-state index in [9.17, 15) is 0 Å². The van der Waals surface area contributed by atoms with Crippen molar-refractivity contribution in [2.75, 3.05) is 0 Å². The smallest absolute Gasteiger partial charge is 0.218 e. The van der Waals surface area contributed by atoms with Gasteiger partial charge in [-0.1, -0.05) is 19.9 Å². The molecule has 96 valence electrons. The fourth-order valence-corrected chi connectivity index (χ4v) is 1.39. The standard InChI is InChI=1S/C14H24N2O/c1-10(2)12(5)16-9-13-7-6-8-15-14(13)17-11(3)4/h6-8,10-12,16H,9H2,1-5H3. The topological polar surface area (TPSA) is 34.1 Å². The predicted octanol–water partition coefficient (Wildman–Crippen LogP) is 3.00. The Bertz CT molecular complexity index is 337. The maximum absolute atomic E-state index is 5.69. The average molecular weight is 236 g/mol. The average Bonchev–Trinajstić information content (AvgIpc) is 2.26. The van der Waals surface area contributed by atoms with E-state index >= 15 is 0 Å². The highest BCUT2D eigenvalue weighted by molar-refractivity contribution is 5.25. The van der Waals surface area contributed by atoms with Gasteiger partial charge in [0.2, 0.25) is 5.88 Å². The zero-order chi connectivity index (χ0) is 12.8. The molecule has 0 spiro atoms. The highest BCUT2D eigenvalue weighted by Crippen LogP contribution is 2.16. The van der Waals surface area contributed by atoms with Gasteiger partial charge in [-0.25, -0.2) is 4.98 Å². The molecular formula is C14H24N2O. The van der Waals surface area contributed by atoms with Crippen molar-refractivity contribution in [1.82, 2.24) is 10.3 Å². The third kappa shape index (κ3) is 4.73. The molecule has 1 N–H and O–H groups in total. The molecule has 3 heteroatoms. The molecule has 0 aliphatic heterocycles. The minimum absolute atomic E-state index is 0.158. The Kier molecular flexibility index (Phi) is 5.42.